The van der Waals surface area contributed by atoms with Crippen LogP contribution in [0.1, 0.15) is 15.9 Å². The molecule has 0 aliphatic heterocycles. The standard InChI is InChI=1S/C14H9Br2FO/c15-11-3-1-2-10(8-11)14(18)7-9-4-5-13(17)12(16)6-9/h1-6,8H,7H2. The Kier molecular flexibility index (Phi) is 4.30. The Morgan fingerprint density at radius 1 is 1.11 bits per heavy atom. The molecule has 1 nitrogen and oxygen atoms in total. The Hall–Kier alpha value is -1.00. The Morgan fingerprint density at radius 2 is 1.89 bits per heavy atom. The number of rotatable bonds is 3. The molecule has 2 rings (SSSR count). The molecule has 0 atom stereocenters. The summed E-state index contributed by atoms with van der Waals surface area (Å²) in [6, 6.07) is 11.8. The summed E-state index contributed by atoms with van der Waals surface area (Å²) in [7, 11) is 0. The Balaban J connectivity index is 2.18. The van der Waals surface area contributed by atoms with Gasteiger partial charge in [-0.25, -0.2) is 4.39 Å². The molecule has 0 spiro atoms. The molecule has 0 saturated heterocycles. The number of carbonyl (C=O) groups is 1. The second-order valence-corrected chi connectivity index (χ2v) is 5.63. The van der Waals surface area contributed by atoms with Crippen LogP contribution in [0.3, 0.4) is 0 Å². The van der Waals surface area contributed by atoms with E-state index in [4.69, 9.17) is 0 Å². The van der Waals surface area contributed by atoms with Crippen molar-refractivity contribution in [3.63, 3.8) is 0 Å². The van der Waals surface area contributed by atoms with Crippen LogP contribution in [0.4, 0.5) is 4.39 Å². The van der Waals surface area contributed by atoms with Gasteiger partial charge in [0.1, 0.15) is 5.82 Å². The summed E-state index contributed by atoms with van der Waals surface area (Å²) in [5, 5.41) is 0. The number of carbonyl (C=O) groups excluding carboxylic acids is 1. The van der Waals surface area contributed by atoms with Crippen molar-refractivity contribution in [2.45, 2.75) is 6.42 Å². The predicted molar refractivity (Wildman–Crippen MR) is 76.3 cm³/mol. The van der Waals surface area contributed by atoms with Gasteiger partial charge in [-0.3, -0.25) is 4.79 Å². The summed E-state index contributed by atoms with van der Waals surface area (Å²) in [5.74, 6) is -0.316. The molecular formula is C14H9Br2FO. The fourth-order valence-corrected chi connectivity index (χ4v) is 2.42. The highest BCUT2D eigenvalue weighted by atomic mass is 79.9. The van der Waals surface area contributed by atoms with Crippen LogP contribution in [-0.2, 0) is 6.42 Å². The lowest BCUT2D eigenvalue weighted by Crippen LogP contribution is -2.03. The van der Waals surface area contributed by atoms with E-state index in [2.05, 4.69) is 31.9 Å². The normalized spacial score (nSPS) is 10.4. The summed E-state index contributed by atoms with van der Waals surface area (Å²) in [5.41, 5.74) is 1.43. The van der Waals surface area contributed by atoms with Crippen molar-refractivity contribution in [1.29, 1.82) is 0 Å². The number of benzene rings is 2. The van der Waals surface area contributed by atoms with Gasteiger partial charge in [-0.1, -0.05) is 34.1 Å². The van der Waals surface area contributed by atoms with Crippen molar-refractivity contribution in [1.82, 2.24) is 0 Å². The van der Waals surface area contributed by atoms with Gasteiger partial charge in [-0.2, -0.15) is 0 Å². The summed E-state index contributed by atoms with van der Waals surface area (Å²) < 4.78 is 14.3. The fourth-order valence-electron chi connectivity index (χ4n) is 1.60. The highest BCUT2D eigenvalue weighted by molar-refractivity contribution is 9.10. The van der Waals surface area contributed by atoms with Crippen molar-refractivity contribution < 1.29 is 9.18 Å². The third-order valence-corrected chi connectivity index (χ3v) is 3.60. The largest absolute Gasteiger partial charge is 0.294 e. The zero-order valence-electron chi connectivity index (χ0n) is 9.29. The minimum absolute atomic E-state index is 0.00908. The zero-order valence-corrected chi connectivity index (χ0v) is 12.5. The van der Waals surface area contributed by atoms with Gasteiger partial charge in [-0.05, 0) is 45.8 Å². The van der Waals surface area contributed by atoms with Gasteiger partial charge < -0.3 is 0 Å². The van der Waals surface area contributed by atoms with Gasteiger partial charge in [-0.15, -0.1) is 0 Å². The van der Waals surface area contributed by atoms with E-state index in [0.717, 1.165) is 10.0 Å². The minimum Gasteiger partial charge on any atom is -0.294 e. The first-order valence-corrected chi connectivity index (χ1v) is 6.87. The van der Waals surface area contributed by atoms with E-state index in [-0.39, 0.29) is 18.0 Å². The molecule has 2 aromatic carbocycles. The first-order valence-electron chi connectivity index (χ1n) is 5.29. The summed E-state index contributed by atoms with van der Waals surface area (Å²) >= 11 is 6.44. The van der Waals surface area contributed by atoms with Crippen LogP contribution in [0.2, 0.25) is 0 Å². The summed E-state index contributed by atoms with van der Waals surface area (Å²) in [4.78, 5) is 12.0. The number of hydrogen-bond donors (Lipinski definition) is 0. The zero-order chi connectivity index (χ0) is 13.1. The molecule has 0 heterocycles. The molecule has 0 aliphatic carbocycles. The summed E-state index contributed by atoms with van der Waals surface area (Å²) in [6.07, 6.45) is 0.259. The highest BCUT2D eigenvalue weighted by Crippen LogP contribution is 2.19. The lowest BCUT2D eigenvalue weighted by atomic mass is 10.0. The second-order valence-electron chi connectivity index (χ2n) is 3.86. The quantitative estimate of drug-likeness (QED) is 0.710. The monoisotopic (exact) mass is 370 g/mol. The number of hydrogen-bond acceptors (Lipinski definition) is 1. The van der Waals surface area contributed by atoms with E-state index in [1.54, 1.807) is 24.3 Å². The average Bonchev–Trinajstić information content (AvgIpc) is 2.34. The molecule has 0 N–H and O–H groups in total. The van der Waals surface area contributed by atoms with E-state index in [1.807, 2.05) is 12.1 Å². The average molecular weight is 372 g/mol. The van der Waals surface area contributed by atoms with Crippen LogP contribution >= 0.6 is 31.9 Å². The Labute approximate surface area is 121 Å². The molecule has 0 bridgehead atoms. The third kappa shape index (κ3) is 3.27. The number of ketones is 1. The Bertz CT molecular complexity index is 596. The molecule has 0 amide bonds. The van der Waals surface area contributed by atoms with Crippen LogP contribution in [0.25, 0.3) is 0 Å². The topological polar surface area (TPSA) is 17.1 Å². The van der Waals surface area contributed by atoms with Gasteiger partial charge in [0.15, 0.2) is 5.78 Å². The van der Waals surface area contributed by atoms with Gasteiger partial charge in [0.05, 0.1) is 4.47 Å². The first-order chi connectivity index (χ1) is 8.56. The highest BCUT2D eigenvalue weighted by Gasteiger charge is 2.09. The number of Topliss-reactive ketones (excluding diaryl/α,β-unsaturated/α-hetero) is 1. The maximum absolute atomic E-state index is 13.1. The van der Waals surface area contributed by atoms with Crippen molar-refractivity contribution >= 4 is 37.6 Å². The van der Waals surface area contributed by atoms with Gasteiger partial charge in [0.25, 0.3) is 0 Å². The third-order valence-electron chi connectivity index (χ3n) is 2.50. The van der Waals surface area contributed by atoms with Gasteiger partial charge >= 0.3 is 0 Å². The van der Waals surface area contributed by atoms with E-state index in [1.165, 1.54) is 6.07 Å². The molecule has 92 valence electrons. The van der Waals surface area contributed by atoms with E-state index >= 15 is 0 Å². The molecule has 0 aliphatic rings. The Morgan fingerprint density at radius 3 is 2.56 bits per heavy atom. The minimum atomic E-state index is -0.325. The molecule has 0 aromatic heterocycles. The predicted octanol–water partition coefficient (Wildman–Crippen LogP) is 4.78. The van der Waals surface area contributed by atoms with Crippen LogP contribution in [0.5, 0.6) is 0 Å². The van der Waals surface area contributed by atoms with Crippen molar-refractivity contribution in [3.05, 3.63) is 68.4 Å². The van der Waals surface area contributed by atoms with E-state index in [9.17, 15) is 9.18 Å². The van der Waals surface area contributed by atoms with E-state index < -0.39 is 0 Å². The van der Waals surface area contributed by atoms with Crippen LogP contribution in [-0.4, -0.2) is 5.78 Å². The molecule has 0 saturated carbocycles. The fraction of sp³-hybridized carbons (Fsp3) is 0.0714. The van der Waals surface area contributed by atoms with Crippen molar-refractivity contribution in [2.75, 3.05) is 0 Å². The maximum atomic E-state index is 13.1. The summed E-state index contributed by atoms with van der Waals surface area (Å²) in [6.45, 7) is 0. The van der Waals surface area contributed by atoms with Crippen molar-refractivity contribution in [3.8, 4) is 0 Å². The molecule has 0 unspecified atom stereocenters. The van der Waals surface area contributed by atoms with Gasteiger partial charge in [0, 0.05) is 16.5 Å². The molecule has 18 heavy (non-hydrogen) atoms. The van der Waals surface area contributed by atoms with E-state index in [0.29, 0.717) is 10.0 Å². The smallest absolute Gasteiger partial charge is 0.167 e. The van der Waals surface area contributed by atoms with Crippen LogP contribution in [0, 0.1) is 5.82 Å². The molecule has 4 heteroatoms. The second kappa shape index (κ2) is 5.76. The van der Waals surface area contributed by atoms with Gasteiger partial charge in [0.2, 0.25) is 0 Å². The SMILES string of the molecule is O=C(Cc1ccc(F)c(Br)c1)c1cccc(Br)c1. The molecule has 2 aromatic rings. The lowest BCUT2D eigenvalue weighted by Gasteiger charge is -2.03. The van der Waals surface area contributed by atoms with Crippen LogP contribution < -0.4 is 0 Å². The maximum Gasteiger partial charge on any atom is 0.167 e. The molecule has 0 radical (unpaired) electrons. The molecular weight excluding hydrogens is 363 g/mol. The molecule has 0 fully saturated rings. The first kappa shape index (κ1) is 13.4. The van der Waals surface area contributed by atoms with Crippen molar-refractivity contribution in [2.24, 2.45) is 0 Å². The lowest BCUT2D eigenvalue weighted by molar-refractivity contribution is 0.0993. The van der Waals surface area contributed by atoms with Crippen LogP contribution in [0.15, 0.2) is 51.4 Å². The number of halogens is 3.